The third-order valence-electron chi connectivity index (χ3n) is 2.66. The lowest BCUT2D eigenvalue weighted by Gasteiger charge is -1.89. The van der Waals surface area contributed by atoms with E-state index in [-0.39, 0.29) is 0 Å². The molecule has 0 aliphatic rings. The SMILES string of the molecule is Cc1cc(-c2nn3c(-c4ccco4)nnc3s2)n[nH]1. The Balaban J connectivity index is 1.89. The first-order chi connectivity index (χ1) is 9.31. The van der Waals surface area contributed by atoms with Crippen LogP contribution in [-0.4, -0.2) is 30.0 Å². The minimum absolute atomic E-state index is 0.592. The predicted molar refractivity (Wildman–Crippen MR) is 68.7 cm³/mol. The second kappa shape index (κ2) is 3.75. The molecule has 0 aliphatic heterocycles. The molecule has 0 atom stereocenters. The minimum Gasteiger partial charge on any atom is -0.461 e. The number of hydrogen-bond donors (Lipinski definition) is 1. The summed E-state index contributed by atoms with van der Waals surface area (Å²) in [6.07, 6.45) is 1.60. The van der Waals surface area contributed by atoms with Gasteiger partial charge in [0.15, 0.2) is 10.8 Å². The lowest BCUT2D eigenvalue weighted by molar-refractivity contribution is 0.575. The van der Waals surface area contributed by atoms with E-state index in [2.05, 4.69) is 25.5 Å². The largest absolute Gasteiger partial charge is 0.461 e. The topological polar surface area (TPSA) is 84.9 Å². The van der Waals surface area contributed by atoms with Crippen LogP contribution in [0.3, 0.4) is 0 Å². The van der Waals surface area contributed by atoms with Crippen LogP contribution in [0.15, 0.2) is 28.9 Å². The number of aromatic nitrogens is 6. The predicted octanol–water partition coefficient (Wildman–Crippen LogP) is 2.14. The first-order valence-corrected chi connectivity index (χ1v) is 6.41. The molecule has 0 amide bonds. The molecule has 0 saturated heterocycles. The van der Waals surface area contributed by atoms with Crippen molar-refractivity contribution in [3.8, 4) is 22.3 Å². The van der Waals surface area contributed by atoms with E-state index in [0.717, 1.165) is 16.4 Å². The molecule has 0 bridgehead atoms. The molecule has 0 fully saturated rings. The fraction of sp³-hybridized carbons (Fsp3) is 0.0909. The van der Waals surface area contributed by atoms with Crippen molar-refractivity contribution in [2.45, 2.75) is 6.92 Å². The van der Waals surface area contributed by atoms with Crippen molar-refractivity contribution in [1.82, 2.24) is 30.0 Å². The number of furan rings is 1. The second-order valence-electron chi connectivity index (χ2n) is 4.04. The average molecular weight is 272 g/mol. The van der Waals surface area contributed by atoms with Gasteiger partial charge in [-0.15, -0.1) is 10.2 Å². The van der Waals surface area contributed by atoms with Crippen LogP contribution in [0.25, 0.3) is 27.2 Å². The standard InChI is InChI=1S/C11H8N6OS/c1-6-5-7(13-12-6)10-16-17-9(8-3-2-4-18-8)14-15-11(17)19-10/h2-5H,1H3,(H,12,13). The number of aryl methyl sites for hydroxylation is 1. The van der Waals surface area contributed by atoms with Crippen molar-refractivity contribution in [2.24, 2.45) is 0 Å². The van der Waals surface area contributed by atoms with Crippen LogP contribution >= 0.6 is 11.3 Å². The fourth-order valence-corrected chi connectivity index (χ4v) is 2.61. The first-order valence-electron chi connectivity index (χ1n) is 5.60. The summed E-state index contributed by atoms with van der Waals surface area (Å²) in [5.74, 6) is 1.23. The van der Waals surface area contributed by atoms with E-state index in [4.69, 9.17) is 4.42 Å². The summed E-state index contributed by atoms with van der Waals surface area (Å²) < 4.78 is 6.99. The summed E-state index contributed by atoms with van der Waals surface area (Å²) >= 11 is 1.44. The smallest absolute Gasteiger partial charge is 0.235 e. The minimum atomic E-state index is 0.592. The highest BCUT2D eigenvalue weighted by Gasteiger charge is 2.16. The molecule has 0 unspecified atom stereocenters. The van der Waals surface area contributed by atoms with Gasteiger partial charge in [-0.3, -0.25) is 5.10 Å². The molecule has 0 saturated carbocycles. The Hall–Kier alpha value is -2.48. The molecule has 4 aromatic rings. The van der Waals surface area contributed by atoms with Gasteiger partial charge in [0.05, 0.1) is 6.26 Å². The van der Waals surface area contributed by atoms with E-state index >= 15 is 0 Å². The van der Waals surface area contributed by atoms with Crippen molar-refractivity contribution in [1.29, 1.82) is 0 Å². The van der Waals surface area contributed by atoms with Crippen LogP contribution in [0.5, 0.6) is 0 Å². The van der Waals surface area contributed by atoms with Crippen LogP contribution in [0.1, 0.15) is 5.69 Å². The van der Waals surface area contributed by atoms with Crippen LogP contribution in [0.4, 0.5) is 0 Å². The van der Waals surface area contributed by atoms with Crippen LogP contribution < -0.4 is 0 Å². The summed E-state index contributed by atoms with van der Waals surface area (Å²) in [6.45, 7) is 1.95. The van der Waals surface area contributed by atoms with Crippen LogP contribution in [0, 0.1) is 6.92 Å². The number of hydrogen-bond acceptors (Lipinski definition) is 6. The van der Waals surface area contributed by atoms with Gasteiger partial charge in [0.25, 0.3) is 0 Å². The lowest BCUT2D eigenvalue weighted by atomic mass is 10.4. The number of nitrogens with zero attached hydrogens (tertiary/aromatic N) is 5. The molecule has 7 nitrogen and oxygen atoms in total. The molecule has 8 heteroatoms. The van der Waals surface area contributed by atoms with E-state index in [1.165, 1.54) is 11.3 Å². The lowest BCUT2D eigenvalue weighted by Crippen LogP contribution is -1.89. The Kier molecular flexibility index (Phi) is 2.06. The summed E-state index contributed by atoms with van der Waals surface area (Å²) in [7, 11) is 0. The van der Waals surface area contributed by atoms with Crippen molar-refractivity contribution < 1.29 is 4.42 Å². The second-order valence-corrected chi connectivity index (χ2v) is 4.99. The molecule has 4 aromatic heterocycles. The molecule has 94 valence electrons. The van der Waals surface area contributed by atoms with E-state index in [9.17, 15) is 0 Å². The Labute approximate surface area is 110 Å². The first kappa shape index (κ1) is 10.4. The molecule has 19 heavy (non-hydrogen) atoms. The highest BCUT2D eigenvalue weighted by Crippen LogP contribution is 2.27. The Morgan fingerprint density at radius 3 is 3.05 bits per heavy atom. The van der Waals surface area contributed by atoms with Gasteiger partial charge in [-0.05, 0) is 25.1 Å². The zero-order chi connectivity index (χ0) is 12.8. The maximum absolute atomic E-state index is 5.32. The van der Waals surface area contributed by atoms with E-state index in [1.54, 1.807) is 16.8 Å². The van der Waals surface area contributed by atoms with Crippen molar-refractivity contribution >= 4 is 16.3 Å². The monoisotopic (exact) mass is 272 g/mol. The zero-order valence-electron chi connectivity index (χ0n) is 9.86. The number of rotatable bonds is 2. The summed E-state index contributed by atoms with van der Waals surface area (Å²) in [4.78, 5) is 0.710. The normalized spacial score (nSPS) is 11.4. The molecule has 4 rings (SSSR count). The highest BCUT2D eigenvalue weighted by atomic mass is 32.1. The summed E-state index contributed by atoms with van der Waals surface area (Å²) in [5, 5.41) is 20.5. The molecule has 0 aromatic carbocycles. The van der Waals surface area contributed by atoms with Crippen molar-refractivity contribution in [3.05, 3.63) is 30.2 Å². The third-order valence-corrected chi connectivity index (χ3v) is 3.58. The molecule has 0 radical (unpaired) electrons. The summed E-state index contributed by atoms with van der Waals surface area (Å²) in [5.41, 5.74) is 1.80. The van der Waals surface area contributed by atoms with E-state index in [1.807, 2.05) is 19.1 Å². The zero-order valence-corrected chi connectivity index (χ0v) is 10.7. The van der Waals surface area contributed by atoms with Gasteiger partial charge in [0, 0.05) is 5.69 Å². The maximum atomic E-state index is 5.32. The summed E-state index contributed by atoms with van der Waals surface area (Å²) in [6, 6.07) is 5.58. The van der Waals surface area contributed by atoms with Gasteiger partial charge in [-0.1, -0.05) is 11.3 Å². The molecule has 0 aliphatic carbocycles. The van der Waals surface area contributed by atoms with Gasteiger partial charge < -0.3 is 4.42 Å². The quantitative estimate of drug-likeness (QED) is 0.604. The Bertz CT molecular complexity index is 840. The van der Waals surface area contributed by atoms with E-state index < -0.39 is 0 Å². The molecule has 4 heterocycles. The Morgan fingerprint density at radius 1 is 1.37 bits per heavy atom. The van der Waals surface area contributed by atoms with Crippen LogP contribution in [0.2, 0.25) is 0 Å². The van der Waals surface area contributed by atoms with Gasteiger partial charge in [-0.2, -0.15) is 14.7 Å². The van der Waals surface area contributed by atoms with Gasteiger partial charge in [-0.25, -0.2) is 0 Å². The number of H-pyrrole nitrogens is 1. The van der Waals surface area contributed by atoms with Crippen molar-refractivity contribution in [3.63, 3.8) is 0 Å². The van der Waals surface area contributed by atoms with E-state index in [0.29, 0.717) is 16.5 Å². The molecular weight excluding hydrogens is 264 g/mol. The number of aromatic amines is 1. The fourth-order valence-electron chi connectivity index (χ4n) is 1.81. The molecular formula is C11H8N6OS. The number of fused-ring (bicyclic) bond motifs is 1. The number of nitrogens with one attached hydrogen (secondary N) is 1. The average Bonchev–Trinajstić information content (AvgIpc) is 3.11. The van der Waals surface area contributed by atoms with Gasteiger partial charge in [0.2, 0.25) is 10.8 Å². The maximum Gasteiger partial charge on any atom is 0.235 e. The Morgan fingerprint density at radius 2 is 2.32 bits per heavy atom. The highest BCUT2D eigenvalue weighted by molar-refractivity contribution is 7.19. The van der Waals surface area contributed by atoms with Gasteiger partial charge >= 0.3 is 0 Å². The van der Waals surface area contributed by atoms with Crippen molar-refractivity contribution in [2.75, 3.05) is 0 Å². The molecule has 1 N–H and O–H groups in total. The molecule has 0 spiro atoms. The third kappa shape index (κ3) is 1.57. The van der Waals surface area contributed by atoms with Crippen LogP contribution in [-0.2, 0) is 0 Å². The van der Waals surface area contributed by atoms with Gasteiger partial charge in [0.1, 0.15) is 5.69 Å².